The van der Waals surface area contributed by atoms with E-state index in [4.69, 9.17) is 9.47 Å². The third-order valence-electron chi connectivity index (χ3n) is 1.72. The summed E-state index contributed by atoms with van der Waals surface area (Å²) in [6, 6.07) is 0. The van der Waals surface area contributed by atoms with Crippen LogP contribution in [0.25, 0.3) is 0 Å². The maximum Gasteiger partial charge on any atom is 0.371 e. The zero-order valence-electron chi connectivity index (χ0n) is 9.10. The molecule has 0 fully saturated rings. The Morgan fingerprint density at radius 3 is 1.87 bits per heavy atom. The smallest absolute Gasteiger partial charge is 0.371 e. The van der Waals surface area contributed by atoms with Crippen molar-refractivity contribution in [1.82, 2.24) is 0 Å². The van der Waals surface area contributed by atoms with Gasteiger partial charge in [0, 0.05) is 20.3 Å². The molecule has 0 saturated carbocycles. The summed E-state index contributed by atoms with van der Waals surface area (Å²) >= 11 is 0. The van der Waals surface area contributed by atoms with Gasteiger partial charge in [0.25, 0.3) is 5.79 Å². The minimum Gasteiger partial charge on any atom is -0.466 e. The number of carbonyl (C=O) groups excluding carboxylic acids is 2. The van der Waals surface area contributed by atoms with Gasteiger partial charge >= 0.3 is 11.9 Å². The number of carbonyl (C=O) groups is 2. The monoisotopic (exact) mass is 218 g/mol. The fraction of sp³-hybridized carbons (Fsp3) is 0.556. The van der Waals surface area contributed by atoms with Gasteiger partial charge < -0.3 is 18.9 Å². The van der Waals surface area contributed by atoms with Gasteiger partial charge in [0.2, 0.25) is 0 Å². The molecule has 0 spiro atoms. The molecule has 0 saturated heterocycles. The third-order valence-corrected chi connectivity index (χ3v) is 1.72. The van der Waals surface area contributed by atoms with E-state index in [0.29, 0.717) is 0 Å². The second-order valence-corrected chi connectivity index (χ2v) is 2.42. The first-order valence-electron chi connectivity index (χ1n) is 4.02. The van der Waals surface area contributed by atoms with E-state index in [9.17, 15) is 9.59 Å². The van der Waals surface area contributed by atoms with Gasteiger partial charge in [-0.25, -0.2) is 9.59 Å². The van der Waals surface area contributed by atoms with E-state index in [1.807, 2.05) is 0 Å². The van der Waals surface area contributed by atoms with E-state index in [-0.39, 0.29) is 0 Å². The van der Waals surface area contributed by atoms with Crippen LogP contribution in [0.5, 0.6) is 0 Å². The fourth-order valence-corrected chi connectivity index (χ4v) is 0.842. The first-order valence-corrected chi connectivity index (χ1v) is 4.02. The Labute approximate surface area is 87.7 Å². The van der Waals surface area contributed by atoms with E-state index in [0.717, 1.165) is 12.2 Å². The molecule has 0 heterocycles. The van der Waals surface area contributed by atoms with Crippen molar-refractivity contribution in [2.24, 2.45) is 0 Å². The SMILES string of the molecule is COC(=O)/C=C/C(OC)(OC)C(=O)OC. The quantitative estimate of drug-likeness (QED) is 0.364. The van der Waals surface area contributed by atoms with Crippen molar-refractivity contribution in [3.05, 3.63) is 12.2 Å². The summed E-state index contributed by atoms with van der Waals surface area (Å²) in [6.45, 7) is 0. The highest BCUT2D eigenvalue weighted by atomic mass is 16.7. The summed E-state index contributed by atoms with van der Waals surface area (Å²) in [4.78, 5) is 22.2. The highest BCUT2D eigenvalue weighted by Crippen LogP contribution is 2.15. The van der Waals surface area contributed by atoms with Gasteiger partial charge in [0.05, 0.1) is 14.2 Å². The van der Waals surface area contributed by atoms with Crippen LogP contribution in [0.1, 0.15) is 0 Å². The molecule has 0 aliphatic carbocycles. The number of ether oxygens (including phenoxy) is 4. The van der Waals surface area contributed by atoms with Gasteiger partial charge in [-0.1, -0.05) is 0 Å². The number of hydrogen-bond acceptors (Lipinski definition) is 6. The summed E-state index contributed by atoms with van der Waals surface area (Å²) in [5, 5.41) is 0. The van der Waals surface area contributed by atoms with Crippen molar-refractivity contribution < 1.29 is 28.5 Å². The lowest BCUT2D eigenvalue weighted by atomic mass is 10.2. The predicted octanol–water partition coefficient (Wildman–Crippen LogP) is -0.122. The van der Waals surface area contributed by atoms with E-state index in [1.54, 1.807) is 0 Å². The lowest BCUT2D eigenvalue weighted by Gasteiger charge is -2.23. The van der Waals surface area contributed by atoms with Crippen LogP contribution in [0.15, 0.2) is 12.2 Å². The van der Waals surface area contributed by atoms with E-state index in [1.165, 1.54) is 28.4 Å². The summed E-state index contributed by atoms with van der Waals surface area (Å²) in [7, 11) is 4.90. The Morgan fingerprint density at radius 1 is 1.00 bits per heavy atom. The molecule has 0 aliphatic rings. The first kappa shape index (κ1) is 13.6. The largest absolute Gasteiger partial charge is 0.466 e. The zero-order valence-corrected chi connectivity index (χ0v) is 9.10. The molecule has 0 amide bonds. The summed E-state index contributed by atoms with van der Waals surface area (Å²) in [5.41, 5.74) is 0. The van der Waals surface area contributed by atoms with Gasteiger partial charge in [-0.15, -0.1) is 0 Å². The van der Waals surface area contributed by atoms with Crippen molar-refractivity contribution in [3.8, 4) is 0 Å². The van der Waals surface area contributed by atoms with Crippen molar-refractivity contribution in [3.63, 3.8) is 0 Å². The van der Waals surface area contributed by atoms with Crippen LogP contribution < -0.4 is 0 Å². The minimum atomic E-state index is -1.72. The normalized spacial score (nSPS) is 11.5. The molecule has 0 aromatic carbocycles. The van der Waals surface area contributed by atoms with Crippen LogP contribution in [0.3, 0.4) is 0 Å². The van der Waals surface area contributed by atoms with Gasteiger partial charge in [0.1, 0.15) is 0 Å². The molecule has 0 aromatic rings. The molecule has 0 rings (SSSR count). The average molecular weight is 218 g/mol. The Morgan fingerprint density at radius 2 is 1.53 bits per heavy atom. The number of rotatable bonds is 5. The van der Waals surface area contributed by atoms with Crippen LogP contribution in [-0.4, -0.2) is 46.2 Å². The molecule has 0 bridgehead atoms. The fourth-order valence-electron chi connectivity index (χ4n) is 0.842. The minimum absolute atomic E-state index is 0.627. The van der Waals surface area contributed by atoms with Crippen molar-refractivity contribution >= 4 is 11.9 Å². The molecule has 15 heavy (non-hydrogen) atoms. The second kappa shape index (κ2) is 6.15. The summed E-state index contributed by atoms with van der Waals surface area (Å²) in [5.74, 6) is -3.12. The Bertz CT molecular complexity index is 253. The van der Waals surface area contributed by atoms with Crippen molar-refractivity contribution in [1.29, 1.82) is 0 Å². The first-order chi connectivity index (χ1) is 7.06. The lowest BCUT2D eigenvalue weighted by molar-refractivity contribution is -0.208. The molecule has 0 radical (unpaired) electrons. The van der Waals surface area contributed by atoms with Crippen molar-refractivity contribution in [2.45, 2.75) is 5.79 Å². The molecule has 0 atom stereocenters. The molecule has 0 N–H and O–H groups in total. The lowest BCUT2D eigenvalue weighted by Crippen LogP contribution is -2.41. The number of hydrogen-bond donors (Lipinski definition) is 0. The third kappa shape index (κ3) is 3.34. The zero-order chi connectivity index (χ0) is 11.9. The van der Waals surface area contributed by atoms with Gasteiger partial charge in [-0.3, -0.25) is 0 Å². The Hall–Kier alpha value is -1.40. The summed E-state index contributed by atoms with van der Waals surface area (Å²) in [6.07, 6.45) is 2.13. The van der Waals surface area contributed by atoms with Crippen LogP contribution >= 0.6 is 0 Å². The summed E-state index contributed by atoms with van der Waals surface area (Å²) < 4.78 is 18.5. The van der Waals surface area contributed by atoms with Crippen LogP contribution in [0, 0.1) is 0 Å². The maximum absolute atomic E-state index is 11.3. The molecule has 6 nitrogen and oxygen atoms in total. The van der Waals surface area contributed by atoms with Gasteiger partial charge in [-0.05, 0) is 6.08 Å². The highest BCUT2D eigenvalue weighted by molar-refractivity contribution is 5.86. The Balaban J connectivity index is 4.87. The molecule has 0 unspecified atom stereocenters. The van der Waals surface area contributed by atoms with E-state index < -0.39 is 17.7 Å². The van der Waals surface area contributed by atoms with Crippen LogP contribution in [0.4, 0.5) is 0 Å². The molecular weight excluding hydrogens is 204 g/mol. The van der Waals surface area contributed by atoms with Gasteiger partial charge in [-0.2, -0.15) is 0 Å². The predicted molar refractivity (Wildman–Crippen MR) is 49.9 cm³/mol. The number of esters is 2. The van der Waals surface area contributed by atoms with Crippen molar-refractivity contribution in [2.75, 3.05) is 28.4 Å². The highest BCUT2D eigenvalue weighted by Gasteiger charge is 2.37. The molecule has 0 aliphatic heterocycles. The maximum atomic E-state index is 11.3. The molecule has 6 heteroatoms. The second-order valence-electron chi connectivity index (χ2n) is 2.42. The standard InChI is InChI=1S/C9H14O6/c1-12-7(10)5-6-9(14-3,15-4)8(11)13-2/h5-6H,1-4H3/b6-5+. The Kier molecular flexibility index (Phi) is 5.58. The van der Waals surface area contributed by atoms with E-state index >= 15 is 0 Å². The number of methoxy groups -OCH3 is 4. The average Bonchev–Trinajstić information content (AvgIpc) is 2.29. The molecule has 0 aromatic heterocycles. The molecular formula is C9H14O6. The topological polar surface area (TPSA) is 71.1 Å². The van der Waals surface area contributed by atoms with Crippen LogP contribution in [-0.2, 0) is 28.5 Å². The van der Waals surface area contributed by atoms with E-state index in [2.05, 4.69) is 9.47 Å². The van der Waals surface area contributed by atoms with Crippen LogP contribution in [0.2, 0.25) is 0 Å². The van der Waals surface area contributed by atoms with Gasteiger partial charge in [0.15, 0.2) is 0 Å². The molecule has 86 valence electrons.